The average molecular weight is 210 g/mol. The van der Waals surface area contributed by atoms with Crippen LogP contribution in [-0.4, -0.2) is 19.9 Å². The van der Waals surface area contributed by atoms with E-state index in [1.807, 2.05) is 12.1 Å². The molecule has 0 radical (unpaired) electrons. The molecule has 0 aliphatic rings. The van der Waals surface area contributed by atoms with Gasteiger partial charge < -0.3 is 14.2 Å². The van der Waals surface area contributed by atoms with Crippen molar-refractivity contribution < 1.29 is 19.0 Å². The third-order valence-corrected chi connectivity index (χ3v) is 1.71. The molecular weight excluding hydrogens is 196 g/mol. The molecule has 0 unspecified atom stereocenters. The Hall–Kier alpha value is -1.55. The van der Waals surface area contributed by atoms with Crippen LogP contribution >= 0.6 is 0 Å². The van der Waals surface area contributed by atoms with Crippen LogP contribution < -0.4 is 4.74 Å². The fraction of sp³-hybridized carbons (Fsp3) is 0.364. The highest BCUT2D eigenvalue weighted by atomic mass is 16.7. The van der Waals surface area contributed by atoms with Crippen LogP contribution in [0.5, 0.6) is 5.75 Å². The zero-order chi connectivity index (χ0) is 11.1. The van der Waals surface area contributed by atoms with Crippen LogP contribution in [0.1, 0.15) is 12.5 Å². The van der Waals surface area contributed by atoms with E-state index in [1.165, 1.54) is 6.92 Å². The fourth-order valence-corrected chi connectivity index (χ4v) is 0.994. The van der Waals surface area contributed by atoms with Crippen molar-refractivity contribution >= 4 is 5.97 Å². The summed E-state index contributed by atoms with van der Waals surface area (Å²) >= 11 is 0. The van der Waals surface area contributed by atoms with Crippen molar-refractivity contribution in [2.75, 3.05) is 13.9 Å². The van der Waals surface area contributed by atoms with Gasteiger partial charge in [-0.25, -0.2) is 0 Å². The summed E-state index contributed by atoms with van der Waals surface area (Å²) in [6, 6.07) is 7.29. The standard InChI is InChI=1S/C11H14O4/c1-9(12)14-7-10-3-5-11(6-4-10)15-8-13-2/h3-6H,7-8H2,1-2H3. The highest BCUT2D eigenvalue weighted by molar-refractivity contribution is 5.65. The van der Waals surface area contributed by atoms with E-state index in [0.29, 0.717) is 6.61 Å². The van der Waals surface area contributed by atoms with Crippen molar-refractivity contribution in [1.29, 1.82) is 0 Å². The summed E-state index contributed by atoms with van der Waals surface area (Å²) in [5.74, 6) is 0.443. The number of methoxy groups -OCH3 is 1. The molecule has 0 aromatic heterocycles. The summed E-state index contributed by atoms with van der Waals surface area (Å²) < 4.78 is 14.8. The molecule has 4 nitrogen and oxygen atoms in total. The minimum atomic E-state index is -0.283. The maximum absolute atomic E-state index is 10.6. The molecule has 0 saturated heterocycles. The summed E-state index contributed by atoms with van der Waals surface area (Å²) in [5.41, 5.74) is 0.926. The lowest BCUT2D eigenvalue weighted by molar-refractivity contribution is -0.142. The molecule has 0 atom stereocenters. The number of hydrogen-bond donors (Lipinski definition) is 0. The van der Waals surface area contributed by atoms with Gasteiger partial charge in [-0.05, 0) is 17.7 Å². The molecule has 0 saturated carbocycles. The van der Waals surface area contributed by atoms with E-state index in [0.717, 1.165) is 11.3 Å². The van der Waals surface area contributed by atoms with Gasteiger partial charge in [0.15, 0.2) is 6.79 Å². The van der Waals surface area contributed by atoms with Crippen LogP contribution in [0, 0.1) is 0 Å². The molecule has 0 bridgehead atoms. The van der Waals surface area contributed by atoms with Crippen molar-refractivity contribution in [3.8, 4) is 5.75 Å². The quantitative estimate of drug-likeness (QED) is 0.548. The molecule has 15 heavy (non-hydrogen) atoms. The Bertz CT molecular complexity index is 305. The first kappa shape index (κ1) is 11.5. The maximum Gasteiger partial charge on any atom is 0.302 e. The van der Waals surface area contributed by atoms with Gasteiger partial charge in [-0.2, -0.15) is 0 Å². The third kappa shape index (κ3) is 4.46. The number of esters is 1. The number of carbonyl (C=O) groups excluding carboxylic acids is 1. The van der Waals surface area contributed by atoms with Crippen LogP contribution in [-0.2, 0) is 20.9 Å². The van der Waals surface area contributed by atoms with E-state index in [-0.39, 0.29) is 12.8 Å². The van der Waals surface area contributed by atoms with E-state index >= 15 is 0 Å². The fourth-order valence-electron chi connectivity index (χ4n) is 0.994. The van der Waals surface area contributed by atoms with Gasteiger partial charge in [0.1, 0.15) is 12.4 Å². The topological polar surface area (TPSA) is 44.8 Å². The first-order chi connectivity index (χ1) is 7.22. The Morgan fingerprint density at radius 3 is 2.47 bits per heavy atom. The lowest BCUT2D eigenvalue weighted by Gasteiger charge is -2.05. The van der Waals surface area contributed by atoms with Crippen molar-refractivity contribution in [3.63, 3.8) is 0 Å². The van der Waals surface area contributed by atoms with Crippen molar-refractivity contribution in [2.45, 2.75) is 13.5 Å². The van der Waals surface area contributed by atoms with Gasteiger partial charge in [-0.1, -0.05) is 12.1 Å². The second-order valence-electron chi connectivity index (χ2n) is 2.98. The van der Waals surface area contributed by atoms with Gasteiger partial charge in [-0.3, -0.25) is 4.79 Å². The average Bonchev–Trinajstić information content (AvgIpc) is 2.25. The molecule has 0 fully saturated rings. The summed E-state index contributed by atoms with van der Waals surface area (Å²) in [6.07, 6.45) is 0. The molecule has 0 spiro atoms. The predicted molar refractivity (Wildman–Crippen MR) is 54.4 cm³/mol. The first-order valence-corrected chi connectivity index (χ1v) is 4.56. The molecule has 1 aromatic rings. The van der Waals surface area contributed by atoms with E-state index in [4.69, 9.17) is 14.2 Å². The van der Waals surface area contributed by atoms with E-state index in [9.17, 15) is 4.79 Å². The molecular formula is C11H14O4. The van der Waals surface area contributed by atoms with E-state index < -0.39 is 0 Å². The lowest BCUT2D eigenvalue weighted by atomic mass is 10.2. The lowest BCUT2D eigenvalue weighted by Crippen LogP contribution is -2.00. The number of benzene rings is 1. The normalized spacial score (nSPS) is 9.73. The second kappa shape index (κ2) is 6.03. The van der Waals surface area contributed by atoms with Gasteiger partial charge in [-0.15, -0.1) is 0 Å². The molecule has 1 aromatic carbocycles. The van der Waals surface area contributed by atoms with Crippen molar-refractivity contribution in [3.05, 3.63) is 29.8 Å². The largest absolute Gasteiger partial charge is 0.468 e. The Labute approximate surface area is 88.8 Å². The van der Waals surface area contributed by atoms with Gasteiger partial charge in [0.2, 0.25) is 0 Å². The Morgan fingerprint density at radius 2 is 1.93 bits per heavy atom. The summed E-state index contributed by atoms with van der Waals surface area (Å²) in [6.45, 7) is 1.90. The molecule has 0 amide bonds. The summed E-state index contributed by atoms with van der Waals surface area (Å²) in [5, 5.41) is 0. The number of carbonyl (C=O) groups is 1. The molecule has 4 heteroatoms. The Kier molecular flexibility index (Phi) is 4.63. The van der Waals surface area contributed by atoms with Crippen LogP contribution in [0.4, 0.5) is 0 Å². The van der Waals surface area contributed by atoms with Gasteiger partial charge >= 0.3 is 5.97 Å². The predicted octanol–water partition coefficient (Wildman–Crippen LogP) is 1.73. The molecule has 1 rings (SSSR count). The Morgan fingerprint density at radius 1 is 1.27 bits per heavy atom. The molecule has 82 valence electrons. The van der Waals surface area contributed by atoms with Gasteiger partial charge in [0, 0.05) is 14.0 Å². The van der Waals surface area contributed by atoms with Crippen LogP contribution in [0.3, 0.4) is 0 Å². The highest BCUT2D eigenvalue weighted by Crippen LogP contribution is 2.12. The minimum absolute atomic E-state index is 0.225. The molecule has 0 aliphatic carbocycles. The third-order valence-electron chi connectivity index (χ3n) is 1.71. The van der Waals surface area contributed by atoms with Crippen molar-refractivity contribution in [1.82, 2.24) is 0 Å². The van der Waals surface area contributed by atoms with E-state index in [1.54, 1.807) is 19.2 Å². The van der Waals surface area contributed by atoms with Gasteiger partial charge in [0.05, 0.1) is 0 Å². The molecule has 0 heterocycles. The van der Waals surface area contributed by atoms with E-state index in [2.05, 4.69) is 0 Å². The monoisotopic (exact) mass is 210 g/mol. The van der Waals surface area contributed by atoms with Crippen molar-refractivity contribution in [2.24, 2.45) is 0 Å². The SMILES string of the molecule is COCOc1ccc(COC(C)=O)cc1. The zero-order valence-corrected chi connectivity index (χ0v) is 8.86. The maximum atomic E-state index is 10.6. The first-order valence-electron chi connectivity index (χ1n) is 4.56. The number of hydrogen-bond acceptors (Lipinski definition) is 4. The zero-order valence-electron chi connectivity index (χ0n) is 8.86. The number of rotatable bonds is 5. The summed E-state index contributed by atoms with van der Waals surface area (Å²) in [4.78, 5) is 10.6. The van der Waals surface area contributed by atoms with Gasteiger partial charge in [0.25, 0.3) is 0 Å². The molecule has 0 N–H and O–H groups in total. The van der Waals surface area contributed by atoms with Crippen LogP contribution in [0.25, 0.3) is 0 Å². The number of ether oxygens (including phenoxy) is 3. The summed E-state index contributed by atoms with van der Waals surface area (Å²) in [7, 11) is 1.56. The molecule has 0 aliphatic heterocycles. The second-order valence-corrected chi connectivity index (χ2v) is 2.98. The van der Waals surface area contributed by atoms with Crippen LogP contribution in [0.15, 0.2) is 24.3 Å². The smallest absolute Gasteiger partial charge is 0.302 e. The van der Waals surface area contributed by atoms with Crippen LogP contribution in [0.2, 0.25) is 0 Å². The minimum Gasteiger partial charge on any atom is -0.468 e. The highest BCUT2D eigenvalue weighted by Gasteiger charge is 1.97. The Balaban J connectivity index is 2.45.